The van der Waals surface area contributed by atoms with E-state index in [9.17, 15) is 0 Å². The third kappa shape index (κ3) is 5.15. The molecule has 3 nitrogen and oxygen atoms in total. The Hall–Kier alpha value is -6.84. The van der Waals surface area contributed by atoms with E-state index >= 15 is 0 Å². The van der Waals surface area contributed by atoms with Crippen LogP contribution in [0.4, 0.5) is 0 Å². The number of hydrogen-bond acceptors (Lipinski definition) is 3. The van der Waals surface area contributed by atoms with Gasteiger partial charge < -0.3 is 4.42 Å². The first kappa shape index (κ1) is 29.1. The zero-order valence-electron chi connectivity index (χ0n) is 27.6. The predicted molar refractivity (Wildman–Crippen MR) is 212 cm³/mol. The quantitative estimate of drug-likeness (QED) is 0.186. The van der Waals surface area contributed by atoms with Gasteiger partial charge >= 0.3 is 0 Å². The summed E-state index contributed by atoms with van der Waals surface area (Å²) >= 11 is 0. The largest absolute Gasteiger partial charge is 0.455 e. The summed E-state index contributed by atoms with van der Waals surface area (Å²) in [7, 11) is 0. The molecule has 8 aromatic carbocycles. The van der Waals surface area contributed by atoms with Gasteiger partial charge in [0.1, 0.15) is 11.2 Å². The molecule has 0 radical (unpaired) electrons. The summed E-state index contributed by atoms with van der Waals surface area (Å²) in [5.74, 6) is 0.675. The van der Waals surface area contributed by atoms with Gasteiger partial charge in [0.25, 0.3) is 0 Å². The Labute approximate surface area is 295 Å². The molecule has 0 saturated heterocycles. The molecule has 0 fully saturated rings. The second-order valence-corrected chi connectivity index (χ2v) is 13.0. The molecule has 0 N–H and O–H groups in total. The van der Waals surface area contributed by atoms with Gasteiger partial charge in [-0.25, -0.2) is 9.97 Å². The number of aromatic nitrogens is 2. The molecule has 0 aliphatic heterocycles. The van der Waals surface area contributed by atoms with E-state index in [1.807, 2.05) is 12.1 Å². The van der Waals surface area contributed by atoms with E-state index in [1.165, 1.54) is 21.7 Å². The Morgan fingerprint density at radius 3 is 1.65 bits per heavy atom. The first-order valence-electron chi connectivity index (χ1n) is 17.2. The smallest absolute Gasteiger partial charge is 0.160 e. The van der Waals surface area contributed by atoms with Crippen molar-refractivity contribution < 1.29 is 4.42 Å². The lowest BCUT2D eigenvalue weighted by atomic mass is 9.95. The number of furan rings is 1. The fourth-order valence-corrected chi connectivity index (χ4v) is 7.28. The van der Waals surface area contributed by atoms with E-state index in [1.54, 1.807) is 0 Å². The van der Waals surface area contributed by atoms with Crippen molar-refractivity contribution in [2.24, 2.45) is 0 Å². The molecular formula is C48H30N2O. The summed E-state index contributed by atoms with van der Waals surface area (Å²) in [6, 6.07) is 63.8. The maximum atomic E-state index is 6.80. The van der Waals surface area contributed by atoms with Crippen molar-refractivity contribution in [3.63, 3.8) is 0 Å². The monoisotopic (exact) mass is 650 g/mol. The third-order valence-corrected chi connectivity index (χ3v) is 9.87. The Morgan fingerprint density at radius 2 is 0.902 bits per heavy atom. The third-order valence-electron chi connectivity index (χ3n) is 9.87. The summed E-state index contributed by atoms with van der Waals surface area (Å²) < 4.78 is 6.80. The number of fused-ring (bicyclic) bond motifs is 5. The number of nitrogens with zero attached hydrogens (tertiary/aromatic N) is 2. The fraction of sp³-hybridized carbons (Fsp3) is 0. The Balaban J connectivity index is 1.23. The normalized spacial score (nSPS) is 11.5. The van der Waals surface area contributed by atoms with Gasteiger partial charge in [-0.1, -0.05) is 152 Å². The number of benzene rings is 8. The zero-order valence-corrected chi connectivity index (χ0v) is 27.6. The molecule has 0 atom stereocenters. The van der Waals surface area contributed by atoms with Crippen molar-refractivity contribution in [1.82, 2.24) is 9.97 Å². The van der Waals surface area contributed by atoms with Crippen LogP contribution in [-0.2, 0) is 0 Å². The molecule has 10 aromatic rings. The molecule has 238 valence electrons. The van der Waals surface area contributed by atoms with Gasteiger partial charge in [0.15, 0.2) is 5.82 Å². The van der Waals surface area contributed by atoms with Crippen LogP contribution in [0.3, 0.4) is 0 Å². The lowest BCUT2D eigenvalue weighted by Gasteiger charge is -2.12. The van der Waals surface area contributed by atoms with E-state index < -0.39 is 0 Å². The second-order valence-electron chi connectivity index (χ2n) is 13.0. The van der Waals surface area contributed by atoms with Crippen LogP contribution >= 0.6 is 0 Å². The first-order chi connectivity index (χ1) is 25.2. The van der Waals surface area contributed by atoms with E-state index in [0.717, 1.165) is 72.1 Å². The highest BCUT2D eigenvalue weighted by Crippen LogP contribution is 2.43. The van der Waals surface area contributed by atoms with Gasteiger partial charge in [0.2, 0.25) is 0 Å². The van der Waals surface area contributed by atoms with Crippen LogP contribution < -0.4 is 0 Å². The molecule has 0 aliphatic rings. The van der Waals surface area contributed by atoms with Crippen molar-refractivity contribution in [1.29, 1.82) is 0 Å². The van der Waals surface area contributed by atoms with Crippen LogP contribution in [0.15, 0.2) is 186 Å². The SMILES string of the molecule is c1ccc(-c2ccc(-c3nc(-c4ccc5ccccc5c4)cc(-c4ccc(-c5ccccc5)c5oc6cc7ccccc7cc6c45)n3)cc2)cc1. The maximum Gasteiger partial charge on any atom is 0.160 e. The lowest BCUT2D eigenvalue weighted by Crippen LogP contribution is -1.97. The Kier molecular flexibility index (Phi) is 6.81. The van der Waals surface area contributed by atoms with Crippen LogP contribution in [0.2, 0.25) is 0 Å². The van der Waals surface area contributed by atoms with Gasteiger partial charge in [-0.2, -0.15) is 0 Å². The van der Waals surface area contributed by atoms with Crippen molar-refractivity contribution >= 4 is 43.5 Å². The molecule has 0 amide bonds. The van der Waals surface area contributed by atoms with Crippen LogP contribution in [0.25, 0.3) is 99.6 Å². The molecule has 0 spiro atoms. The summed E-state index contributed by atoms with van der Waals surface area (Å²) in [6.07, 6.45) is 0. The molecule has 0 unspecified atom stereocenters. The minimum atomic E-state index is 0.675. The summed E-state index contributed by atoms with van der Waals surface area (Å²) in [4.78, 5) is 10.5. The summed E-state index contributed by atoms with van der Waals surface area (Å²) in [5, 5.41) is 6.80. The highest BCUT2D eigenvalue weighted by Gasteiger charge is 2.20. The minimum Gasteiger partial charge on any atom is -0.455 e. The van der Waals surface area contributed by atoms with Gasteiger partial charge in [0, 0.05) is 33.0 Å². The zero-order chi connectivity index (χ0) is 33.7. The number of rotatable bonds is 5. The van der Waals surface area contributed by atoms with Crippen molar-refractivity contribution in [3.05, 3.63) is 182 Å². The standard InChI is InChI=1S/C48H30N2O/c1-3-11-31(12-4-1)33-19-22-35(23-20-33)48-49-43(39-24-21-32-13-7-8-16-36(32)27-39)30-44(50-48)41-26-25-40(34-14-5-2-6-15-34)47-46(41)42-28-37-17-9-10-18-38(37)29-45(42)51-47/h1-30H. The maximum absolute atomic E-state index is 6.80. The summed E-state index contributed by atoms with van der Waals surface area (Å²) in [6.45, 7) is 0. The minimum absolute atomic E-state index is 0.675. The number of hydrogen-bond donors (Lipinski definition) is 0. The average Bonchev–Trinajstić information content (AvgIpc) is 3.58. The van der Waals surface area contributed by atoms with Crippen molar-refractivity contribution in [3.8, 4) is 56.2 Å². The van der Waals surface area contributed by atoms with Crippen molar-refractivity contribution in [2.45, 2.75) is 0 Å². The first-order valence-corrected chi connectivity index (χ1v) is 17.2. The lowest BCUT2D eigenvalue weighted by molar-refractivity contribution is 0.670. The van der Waals surface area contributed by atoms with Gasteiger partial charge in [-0.15, -0.1) is 0 Å². The molecular weight excluding hydrogens is 621 g/mol. The average molecular weight is 651 g/mol. The van der Waals surface area contributed by atoms with E-state index in [-0.39, 0.29) is 0 Å². The molecule has 3 heteroatoms. The highest BCUT2D eigenvalue weighted by molar-refractivity contribution is 6.18. The predicted octanol–water partition coefficient (Wildman–Crippen LogP) is 13.0. The molecule has 10 rings (SSSR count). The topological polar surface area (TPSA) is 38.9 Å². The van der Waals surface area contributed by atoms with Crippen LogP contribution in [0.5, 0.6) is 0 Å². The molecule has 0 saturated carbocycles. The molecule has 0 bridgehead atoms. The second kappa shape index (κ2) is 11.9. The molecule has 2 heterocycles. The van der Waals surface area contributed by atoms with E-state index in [0.29, 0.717) is 5.82 Å². The van der Waals surface area contributed by atoms with E-state index in [4.69, 9.17) is 14.4 Å². The van der Waals surface area contributed by atoms with E-state index in [2.05, 4.69) is 170 Å². The van der Waals surface area contributed by atoms with Crippen LogP contribution in [-0.4, -0.2) is 9.97 Å². The molecule has 0 aliphatic carbocycles. The Morgan fingerprint density at radius 1 is 0.353 bits per heavy atom. The summed E-state index contributed by atoms with van der Waals surface area (Å²) in [5.41, 5.74) is 10.9. The van der Waals surface area contributed by atoms with Crippen LogP contribution in [0, 0.1) is 0 Å². The van der Waals surface area contributed by atoms with Gasteiger partial charge in [-0.05, 0) is 68.6 Å². The molecule has 2 aromatic heterocycles. The van der Waals surface area contributed by atoms with Crippen LogP contribution in [0.1, 0.15) is 0 Å². The van der Waals surface area contributed by atoms with Crippen molar-refractivity contribution in [2.75, 3.05) is 0 Å². The molecule has 51 heavy (non-hydrogen) atoms. The van der Waals surface area contributed by atoms with Gasteiger partial charge in [0.05, 0.1) is 11.4 Å². The van der Waals surface area contributed by atoms with Gasteiger partial charge in [-0.3, -0.25) is 0 Å². The Bertz CT molecular complexity index is 2890. The fourth-order valence-electron chi connectivity index (χ4n) is 7.28. The highest BCUT2D eigenvalue weighted by atomic mass is 16.3.